The molecule has 0 fully saturated rings. The van der Waals surface area contributed by atoms with E-state index in [0.717, 1.165) is 22.8 Å². The Bertz CT molecular complexity index is 1300. The molecule has 1 heterocycles. The molecule has 0 bridgehead atoms. The van der Waals surface area contributed by atoms with Gasteiger partial charge in [0.1, 0.15) is 5.75 Å². The second-order valence-electron chi connectivity index (χ2n) is 6.92. The lowest BCUT2D eigenvalue weighted by molar-refractivity contribution is 0.188. The van der Waals surface area contributed by atoms with Gasteiger partial charge < -0.3 is 14.0 Å². The summed E-state index contributed by atoms with van der Waals surface area (Å²) in [7, 11) is -2.11. The second kappa shape index (κ2) is 8.38. The number of nitrogens with zero attached hydrogens (tertiary/aromatic N) is 1. The molecule has 0 aliphatic rings. The molecule has 7 heteroatoms. The Morgan fingerprint density at radius 1 is 1.00 bits per heavy atom. The Hall–Kier alpha value is -3.03. The summed E-state index contributed by atoms with van der Waals surface area (Å²) in [6.07, 6.45) is 1.97. The minimum Gasteiger partial charge on any atom is -0.493 e. The monoisotopic (exact) mass is 424 g/mol. The molecule has 156 valence electrons. The summed E-state index contributed by atoms with van der Waals surface area (Å²) < 4.78 is 42.0. The first-order valence-corrected chi connectivity index (χ1v) is 11.3. The maximum absolute atomic E-state index is 13.2. The van der Waals surface area contributed by atoms with Crippen LogP contribution in [0, 0.1) is 0 Å². The fraction of sp³-hybridized carbons (Fsp3) is 0.217. The number of hydrogen-bond donors (Lipinski definition) is 1. The Morgan fingerprint density at radius 2 is 1.80 bits per heavy atom. The van der Waals surface area contributed by atoms with Crippen molar-refractivity contribution in [2.75, 3.05) is 25.0 Å². The number of nitrogens with one attached hydrogen (secondary N) is 1. The number of rotatable bonds is 8. The zero-order valence-corrected chi connectivity index (χ0v) is 17.8. The summed E-state index contributed by atoms with van der Waals surface area (Å²) in [5, 5.41) is 2.36. The minimum absolute atomic E-state index is 0.222. The van der Waals surface area contributed by atoms with Crippen molar-refractivity contribution in [3.05, 3.63) is 66.9 Å². The van der Waals surface area contributed by atoms with Crippen molar-refractivity contribution in [2.45, 2.75) is 18.4 Å². The van der Waals surface area contributed by atoms with E-state index in [9.17, 15) is 8.42 Å². The molecule has 0 radical (unpaired) electrons. The second-order valence-corrected chi connectivity index (χ2v) is 8.57. The molecule has 1 N–H and O–H groups in total. The number of sulfonamides is 1. The summed E-state index contributed by atoms with van der Waals surface area (Å²) in [6, 6.07) is 18.2. The van der Waals surface area contributed by atoms with Crippen molar-refractivity contribution in [1.82, 2.24) is 4.57 Å². The van der Waals surface area contributed by atoms with E-state index in [1.807, 2.05) is 49.5 Å². The fourth-order valence-corrected chi connectivity index (χ4v) is 4.88. The van der Waals surface area contributed by atoms with Crippen LogP contribution in [0.4, 0.5) is 5.69 Å². The van der Waals surface area contributed by atoms with Crippen LogP contribution in [0.15, 0.2) is 71.8 Å². The van der Waals surface area contributed by atoms with E-state index >= 15 is 0 Å². The molecule has 6 nitrogen and oxygen atoms in total. The minimum atomic E-state index is -3.78. The lowest BCUT2D eigenvalue weighted by Crippen LogP contribution is -2.13. The normalized spacial score (nSPS) is 11.8. The van der Waals surface area contributed by atoms with Gasteiger partial charge in [0, 0.05) is 47.2 Å². The van der Waals surface area contributed by atoms with Gasteiger partial charge in [-0.15, -0.1) is 0 Å². The Kier molecular flexibility index (Phi) is 5.65. The average molecular weight is 425 g/mol. The maximum Gasteiger partial charge on any atom is 0.262 e. The van der Waals surface area contributed by atoms with Crippen molar-refractivity contribution in [3.63, 3.8) is 0 Å². The molecule has 0 atom stereocenters. The van der Waals surface area contributed by atoms with Crippen LogP contribution in [0.3, 0.4) is 0 Å². The van der Waals surface area contributed by atoms with Gasteiger partial charge in [0.15, 0.2) is 0 Å². The molecule has 1 aromatic heterocycles. The topological polar surface area (TPSA) is 69.6 Å². The number of aromatic nitrogens is 1. The van der Waals surface area contributed by atoms with E-state index in [2.05, 4.69) is 9.29 Å². The Morgan fingerprint density at radius 3 is 2.57 bits per heavy atom. The van der Waals surface area contributed by atoms with E-state index in [-0.39, 0.29) is 4.90 Å². The van der Waals surface area contributed by atoms with E-state index < -0.39 is 10.0 Å². The molecule has 30 heavy (non-hydrogen) atoms. The number of hydrogen-bond acceptors (Lipinski definition) is 4. The van der Waals surface area contributed by atoms with Gasteiger partial charge in [0.25, 0.3) is 10.0 Å². The van der Waals surface area contributed by atoms with Crippen molar-refractivity contribution in [1.29, 1.82) is 0 Å². The summed E-state index contributed by atoms with van der Waals surface area (Å²) in [6.45, 7) is 3.77. The first-order valence-electron chi connectivity index (χ1n) is 9.78. The lowest BCUT2D eigenvalue weighted by atomic mass is 10.1. The van der Waals surface area contributed by atoms with Crippen molar-refractivity contribution < 1.29 is 17.9 Å². The Labute approximate surface area is 176 Å². The highest BCUT2D eigenvalue weighted by Gasteiger charge is 2.19. The molecule has 4 aromatic rings. The van der Waals surface area contributed by atoms with E-state index in [0.29, 0.717) is 30.0 Å². The SMILES string of the molecule is CCOc1ccc(S(=O)(=O)Nc2ccc3c(ccn3CCOC)c2)c2ccccc12. The predicted octanol–water partition coefficient (Wildman–Crippen LogP) is 4.64. The zero-order chi connectivity index (χ0) is 21.1. The number of methoxy groups -OCH3 is 1. The summed E-state index contributed by atoms with van der Waals surface area (Å²) in [4.78, 5) is 0.222. The molecular weight excluding hydrogens is 400 g/mol. The molecule has 0 spiro atoms. The van der Waals surface area contributed by atoms with Crippen LogP contribution in [0.2, 0.25) is 0 Å². The number of anilines is 1. The van der Waals surface area contributed by atoms with E-state index in [4.69, 9.17) is 9.47 Å². The van der Waals surface area contributed by atoms with Crippen LogP contribution in [0.5, 0.6) is 5.75 Å². The third-order valence-corrected chi connectivity index (χ3v) is 6.43. The van der Waals surface area contributed by atoms with Crippen LogP contribution in [0.1, 0.15) is 6.92 Å². The summed E-state index contributed by atoms with van der Waals surface area (Å²) >= 11 is 0. The predicted molar refractivity (Wildman–Crippen MR) is 120 cm³/mol. The smallest absolute Gasteiger partial charge is 0.262 e. The van der Waals surface area contributed by atoms with Crippen molar-refractivity contribution in [2.24, 2.45) is 0 Å². The lowest BCUT2D eigenvalue weighted by Gasteiger charge is -2.14. The molecular formula is C23H24N2O4S. The van der Waals surface area contributed by atoms with Gasteiger partial charge in [0.2, 0.25) is 0 Å². The first-order chi connectivity index (χ1) is 14.5. The van der Waals surface area contributed by atoms with Crippen LogP contribution in [0.25, 0.3) is 21.7 Å². The Balaban J connectivity index is 1.69. The van der Waals surface area contributed by atoms with Gasteiger partial charge in [0.05, 0.1) is 18.1 Å². The van der Waals surface area contributed by atoms with E-state index in [1.54, 1.807) is 31.4 Å². The molecule has 0 amide bonds. The zero-order valence-electron chi connectivity index (χ0n) is 17.0. The standard InChI is InChI=1S/C23H24N2O4S/c1-3-29-22-10-11-23(20-7-5-4-6-19(20)22)30(26,27)24-18-8-9-21-17(16-18)12-13-25(21)14-15-28-2/h4-13,16,24H,3,14-15H2,1-2H3. The van der Waals surface area contributed by atoms with E-state index in [1.165, 1.54) is 0 Å². The summed E-state index contributed by atoms with van der Waals surface area (Å²) in [5.41, 5.74) is 1.55. The van der Waals surface area contributed by atoms with Crippen LogP contribution < -0.4 is 9.46 Å². The van der Waals surface area contributed by atoms with Crippen LogP contribution >= 0.6 is 0 Å². The molecule has 4 rings (SSSR count). The highest BCUT2D eigenvalue weighted by Crippen LogP contribution is 2.32. The molecule has 0 saturated heterocycles. The highest BCUT2D eigenvalue weighted by molar-refractivity contribution is 7.93. The molecule has 0 aliphatic heterocycles. The quantitative estimate of drug-likeness (QED) is 0.447. The van der Waals surface area contributed by atoms with Gasteiger partial charge in [-0.3, -0.25) is 4.72 Å². The van der Waals surface area contributed by atoms with Crippen molar-refractivity contribution >= 4 is 37.4 Å². The van der Waals surface area contributed by atoms with Crippen molar-refractivity contribution in [3.8, 4) is 5.75 Å². The number of ether oxygens (including phenoxy) is 2. The number of benzene rings is 3. The third kappa shape index (κ3) is 3.86. The molecule has 0 saturated carbocycles. The molecule has 3 aromatic carbocycles. The maximum atomic E-state index is 13.2. The van der Waals surface area contributed by atoms with Gasteiger partial charge in [-0.05, 0) is 43.3 Å². The largest absolute Gasteiger partial charge is 0.493 e. The van der Waals surface area contributed by atoms with Gasteiger partial charge >= 0.3 is 0 Å². The van der Waals surface area contributed by atoms with Crippen LogP contribution in [-0.2, 0) is 21.3 Å². The summed E-state index contributed by atoms with van der Waals surface area (Å²) in [5.74, 6) is 0.672. The first kappa shape index (κ1) is 20.3. The van der Waals surface area contributed by atoms with Gasteiger partial charge in [-0.25, -0.2) is 8.42 Å². The van der Waals surface area contributed by atoms with Crippen LogP contribution in [-0.4, -0.2) is 33.3 Å². The number of fused-ring (bicyclic) bond motifs is 2. The molecule has 0 unspecified atom stereocenters. The fourth-order valence-electron chi connectivity index (χ4n) is 3.62. The highest BCUT2D eigenvalue weighted by atomic mass is 32.2. The van der Waals surface area contributed by atoms with Gasteiger partial charge in [-0.1, -0.05) is 24.3 Å². The van der Waals surface area contributed by atoms with Gasteiger partial charge in [-0.2, -0.15) is 0 Å². The average Bonchev–Trinajstić information content (AvgIpc) is 3.14. The third-order valence-electron chi connectivity index (χ3n) is 4.99. The molecule has 0 aliphatic carbocycles.